The van der Waals surface area contributed by atoms with Gasteiger partial charge in [-0.2, -0.15) is 0 Å². The van der Waals surface area contributed by atoms with Gasteiger partial charge in [-0.25, -0.2) is 8.78 Å². The molecule has 0 amide bonds. The van der Waals surface area contributed by atoms with Crippen molar-refractivity contribution in [1.82, 2.24) is 5.32 Å². The Morgan fingerprint density at radius 2 is 2.23 bits per heavy atom. The van der Waals surface area contributed by atoms with Crippen molar-refractivity contribution in [2.75, 3.05) is 6.54 Å². The van der Waals surface area contributed by atoms with Crippen LogP contribution in [0, 0.1) is 0 Å². The maximum atomic E-state index is 12.5. The van der Waals surface area contributed by atoms with Crippen molar-refractivity contribution in [2.24, 2.45) is 0 Å². The number of carboxylic acids is 1. The first-order valence-electron chi connectivity index (χ1n) is 3.83. The summed E-state index contributed by atoms with van der Waals surface area (Å²) in [4.78, 5) is 10.1. The van der Waals surface area contributed by atoms with Gasteiger partial charge >= 0.3 is 5.97 Å². The van der Waals surface area contributed by atoms with E-state index < -0.39 is 11.9 Å². The second-order valence-electron chi connectivity index (χ2n) is 3.07. The van der Waals surface area contributed by atoms with Crippen LogP contribution in [0.25, 0.3) is 0 Å². The third kappa shape index (κ3) is 4.38. The first-order valence-corrected chi connectivity index (χ1v) is 3.83. The number of alkyl halides is 2. The predicted molar refractivity (Wildman–Crippen MR) is 45.5 cm³/mol. The lowest BCUT2D eigenvalue weighted by Crippen LogP contribution is -2.22. The van der Waals surface area contributed by atoms with E-state index in [0.29, 0.717) is 0 Å². The maximum absolute atomic E-state index is 12.5. The summed E-state index contributed by atoms with van der Waals surface area (Å²) in [6.45, 7) is -0.322. The molecule has 0 saturated carbocycles. The molecule has 0 radical (unpaired) electrons. The third-order valence-corrected chi connectivity index (χ3v) is 1.90. The lowest BCUT2D eigenvalue weighted by Gasteiger charge is -2.07. The fourth-order valence-corrected chi connectivity index (χ4v) is 1.30. The van der Waals surface area contributed by atoms with Crippen molar-refractivity contribution < 1.29 is 18.7 Å². The van der Waals surface area contributed by atoms with Gasteiger partial charge in [-0.15, -0.1) is 12.4 Å². The van der Waals surface area contributed by atoms with Gasteiger partial charge in [0.15, 0.2) is 0 Å². The van der Waals surface area contributed by atoms with Crippen molar-refractivity contribution in [3.8, 4) is 0 Å². The lowest BCUT2D eigenvalue weighted by molar-refractivity contribution is -0.137. The Morgan fingerprint density at radius 3 is 2.62 bits per heavy atom. The predicted octanol–water partition coefficient (Wildman–Crippen LogP) is 1.27. The van der Waals surface area contributed by atoms with Gasteiger partial charge in [-0.3, -0.25) is 4.79 Å². The number of carbonyl (C=O) groups is 1. The van der Waals surface area contributed by atoms with E-state index in [2.05, 4.69) is 5.32 Å². The van der Waals surface area contributed by atoms with E-state index in [1.54, 1.807) is 0 Å². The minimum Gasteiger partial charge on any atom is -0.481 e. The zero-order chi connectivity index (χ0) is 9.19. The van der Waals surface area contributed by atoms with Crippen LogP contribution in [-0.2, 0) is 4.79 Å². The topological polar surface area (TPSA) is 49.3 Å². The summed E-state index contributed by atoms with van der Waals surface area (Å²) in [6, 6.07) is -0.337. The first kappa shape index (κ1) is 12.6. The van der Waals surface area contributed by atoms with E-state index in [1.807, 2.05) is 0 Å². The molecule has 1 rings (SSSR count). The molecule has 0 spiro atoms. The van der Waals surface area contributed by atoms with Gasteiger partial charge in [0.2, 0.25) is 0 Å². The molecule has 1 fully saturated rings. The van der Waals surface area contributed by atoms with Gasteiger partial charge in [-0.1, -0.05) is 0 Å². The number of halogens is 3. The molecule has 1 aliphatic rings. The quantitative estimate of drug-likeness (QED) is 0.746. The molecule has 0 aromatic rings. The summed E-state index contributed by atoms with van der Waals surface area (Å²) in [5.74, 6) is -3.59. The molecule has 1 saturated heterocycles. The summed E-state index contributed by atoms with van der Waals surface area (Å²) in [6.07, 6.45) is -0.00104. The van der Waals surface area contributed by atoms with E-state index >= 15 is 0 Å². The molecule has 0 aliphatic carbocycles. The molecule has 0 unspecified atom stereocenters. The average molecular weight is 216 g/mol. The number of hydrogen-bond acceptors (Lipinski definition) is 2. The zero-order valence-electron chi connectivity index (χ0n) is 6.93. The molecule has 0 aromatic carbocycles. The molecular formula is C7H12ClF2NO2. The van der Waals surface area contributed by atoms with Gasteiger partial charge < -0.3 is 10.4 Å². The second kappa shape index (κ2) is 4.72. The van der Waals surface area contributed by atoms with Crippen molar-refractivity contribution in [2.45, 2.75) is 31.2 Å². The molecular weight excluding hydrogens is 204 g/mol. The highest BCUT2D eigenvalue weighted by molar-refractivity contribution is 5.85. The molecule has 1 aliphatic heterocycles. The Kier molecular flexibility index (Phi) is 4.56. The summed E-state index contributed by atoms with van der Waals surface area (Å²) in [5, 5.41) is 10.9. The smallest absolute Gasteiger partial charge is 0.303 e. The second-order valence-corrected chi connectivity index (χ2v) is 3.07. The van der Waals surface area contributed by atoms with E-state index in [9.17, 15) is 13.6 Å². The highest BCUT2D eigenvalue weighted by Gasteiger charge is 2.38. The fraction of sp³-hybridized carbons (Fsp3) is 0.857. The Labute approximate surface area is 80.9 Å². The van der Waals surface area contributed by atoms with E-state index in [0.717, 1.165) is 0 Å². The minimum absolute atomic E-state index is 0. The van der Waals surface area contributed by atoms with E-state index in [4.69, 9.17) is 5.11 Å². The highest BCUT2D eigenvalue weighted by atomic mass is 35.5. The van der Waals surface area contributed by atoms with E-state index in [1.165, 1.54) is 0 Å². The average Bonchev–Trinajstić information content (AvgIpc) is 2.26. The molecule has 1 heterocycles. The Morgan fingerprint density at radius 1 is 1.62 bits per heavy atom. The van der Waals surface area contributed by atoms with Gasteiger partial charge in [0, 0.05) is 18.9 Å². The molecule has 0 bridgehead atoms. The molecule has 13 heavy (non-hydrogen) atoms. The Hall–Kier alpha value is -0.420. The zero-order valence-corrected chi connectivity index (χ0v) is 7.74. The van der Waals surface area contributed by atoms with Gasteiger partial charge in [0.25, 0.3) is 5.92 Å². The number of nitrogens with one attached hydrogen (secondary N) is 1. The van der Waals surface area contributed by atoms with Crippen molar-refractivity contribution in [3.05, 3.63) is 0 Å². The van der Waals surface area contributed by atoms with Crippen LogP contribution in [0.4, 0.5) is 8.78 Å². The van der Waals surface area contributed by atoms with Gasteiger partial charge in [-0.05, 0) is 6.42 Å². The number of carboxylic acid groups (broad SMARTS) is 1. The van der Waals surface area contributed by atoms with Crippen LogP contribution in [-0.4, -0.2) is 29.6 Å². The number of hydrogen-bond donors (Lipinski definition) is 2. The maximum Gasteiger partial charge on any atom is 0.303 e. The summed E-state index contributed by atoms with van der Waals surface area (Å²) < 4.78 is 25.0. The first-order chi connectivity index (χ1) is 5.49. The molecule has 3 nitrogen and oxygen atoms in total. The summed E-state index contributed by atoms with van der Waals surface area (Å²) in [7, 11) is 0. The van der Waals surface area contributed by atoms with Crippen LogP contribution in [0.15, 0.2) is 0 Å². The highest BCUT2D eigenvalue weighted by Crippen LogP contribution is 2.26. The van der Waals surface area contributed by atoms with Crippen LogP contribution in [0.5, 0.6) is 0 Å². The van der Waals surface area contributed by atoms with Crippen molar-refractivity contribution >= 4 is 18.4 Å². The molecule has 6 heteroatoms. The molecule has 78 valence electrons. The van der Waals surface area contributed by atoms with E-state index in [-0.39, 0.29) is 44.3 Å². The largest absolute Gasteiger partial charge is 0.481 e. The van der Waals surface area contributed by atoms with Crippen LogP contribution in [0.2, 0.25) is 0 Å². The Balaban J connectivity index is 0.00000144. The molecule has 1 atom stereocenters. The van der Waals surface area contributed by atoms with Crippen molar-refractivity contribution in [1.29, 1.82) is 0 Å². The summed E-state index contributed by atoms with van der Waals surface area (Å²) >= 11 is 0. The van der Waals surface area contributed by atoms with Crippen LogP contribution in [0.1, 0.15) is 19.3 Å². The fourth-order valence-electron chi connectivity index (χ4n) is 1.30. The number of rotatable bonds is 3. The standard InChI is InChI=1S/C7H11F2NO2.ClH/c8-7(9)3-5(10-4-7)1-2-6(11)12;/h5,10H,1-4H2,(H,11,12);1H/t5-;/m0./s1. The van der Waals surface area contributed by atoms with Gasteiger partial charge in [0.05, 0.1) is 6.54 Å². The minimum atomic E-state index is -2.65. The SMILES string of the molecule is Cl.O=C(O)CC[C@H]1CC(F)(F)CN1. The Bertz CT molecular complexity index is 189. The number of aliphatic carboxylic acids is 1. The van der Waals surface area contributed by atoms with Crippen LogP contribution < -0.4 is 5.32 Å². The van der Waals surface area contributed by atoms with Crippen LogP contribution in [0.3, 0.4) is 0 Å². The third-order valence-electron chi connectivity index (χ3n) is 1.90. The monoisotopic (exact) mass is 215 g/mol. The van der Waals surface area contributed by atoms with Gasteiger partial charge in [0.1, 0.15) is 0 Å². The normalized spacial score (nSPS) is 25.2. The van der Waals surface area contributed by atoms with Crippen molar-refractivity contribution in [3.63, 3.8) is 0 Å². The lowest BCUT2D eigenvalue weighted by atomic mass is 10.1. The molecule has 0 aromatic heterocycles. The summed E-state index contributed by atoms with van der Waals surface area (Å²) in [5.41, 5.74) is 0. The molecule has 2 N–H and O–H groups in total. The van der Waals surface area contributed by atoms with Crippen LogP contribution >= 0.6 is 12.4 Å².